The molecule has 0 spiro atoms. The molecule has 72 valence electrons. The van der Waals surface area contributed by atoms with Crippen molar-refractivity contribution < 1.29 is 14.6 Å². The normalized spacial score (nSPS) is 19.8. The highest BCUT2D eigenvalue weighted by molar-refractivity contribution is 7.10. The molecule has 2 rings (SSSR count). The zero-order valence-corrected chi connectivity index (χ0v) is 8.05. The first-order chi connectivity index (χ1) is 6.37. The molecule has 1 aliphatic heterocycles. The van der Waals surface area contributed by atoms with Crippen molar-refractivity contribution in [3.8, 4) is 0 Å². The molecule has 2 heterocycles. The van der Waals surface area contributed by atoms with Gasteiger partial charge in [0.2, 0.25) is 0 Å². The van der Waals surface area contributed by atoms with Crippen LogP contribution < -0.4 is 0 Å². The van der Waals surface area contributed by atoms with Crippen LogP contribution in [-0.2, 0) is 15.1 Å². The number of hydrogen-bond acceptors (Lipinski definition) is 4. The first kappa shape index (κ1) is 9.15. The van der Waals surface area contributed by atoms with E-state index >= 15 is 0 Å². The minimum atomic E-state index is -0.267. The van der Waals surface area contributed by atoms with Crippen LogP contribution in [0.4, 0.5) is 0 Å². The van der Waals surface area contributed by atoms with Gasteiger partial charge in [0, 0.05) is 4.88 Å². The van der Waals surface area contributed by atoms with Gasteiger partial charge in [-0.3, -0.25) is 0 Å². The molecule has 0 aromatic carbocycles. The van der Waals surface area contributed by atoms with Crippen LogP contribution in [0.3, 0.4) is 0 Å². The molecular formula is C9H12O3S. The van der Waals surface area contributed by atoms with E-state index in [9.17, 15) is 0 Å². The summed E-state index contributed by atoms with van der Waals surface area (Å²) in [5, 5.41) is 10.7. The van der Waals surface area contributed by atoms with E-state index in [0.717, 1.165) is 0 Å². The fraction of sp³-hybridized carbons (Fsp3) is 0.556. The Kier molecular flexibility index (Phi) is 2.64. The summed E-state index contributed by atoms with van der Waals surface area (Å²) >= 11 is 1.67. The van der Waals surface area contributed by atoms with Crippen LogP contribution in [0.5, 0.6) is 0 Å². The predicted octanol–water partition coefficient (Wildman–Crippen LogP) is 0.983. The lowest BCUT2D eigenvalue weighted by Gasteiger charge is -2.40. The Bertz CT molecular complexity index is 254. The van der Waals surface area contributed by atoms with Gasteiger partial charge in [0.25, 0.3) is 0 Å². The molecule has 1 aliphatic rings. The molecule has 1 aromatic rings. The van der Waals surface area contributed by atoms with Crippen molar-refractivity contribution in [2.24, 2.45) is 0 Å². The van der Waals surface area contributed by atoms with Gasteiger partial charge in [-0.1, -0.05) is 6.07 Å². The average Bonchev–Trinajstić information content (AvgIpc) is 2.56. The summed E-state index contributed by atoms with van der Waals surface area (Å²) < 4.78 is 10.8. The molecule has 0 saturated carbocycles. The Hall–Kier alpha value is -0.420. The minimum absolute atomic E-state index is 0.0626. The standard InChI is InChI=1S/C9H12O3S/c10-3-4-12-9(6-11-7-9)8-2-1-5-13-8/h1-2,5,10H,3-4,6-7H2. The van der Waals surface area contributed by atoms with Gasteiger partial charge in [-0.15, -0.1) is 11.3 Å². The van der Waals surface area contributed by atoms with Crippen molar-refractivity contribution in [1.82, 2.24) is 0 Å². The van der Waals surface area contributed by atoms with Crippen LogP contribution in [0, 0.1) is 0 Å². The van der Waals surface area contributed by atoms with Gasteiger partial charge >= 0.3 is 0 Å². The summed E-state index contributed by atoms with van der Waals surface area (Å²) in [6, 6.07) is 4.05. The van der Waals surface area contributed by atoms with E-state index in [1.54, 1.807) is 11.3 Å². The van der Waals surface area contributed by atoms with Gasteiger partial charge in [0.1, 0.15) is 5.60 Å². The predicted molar refractivity (Wildman–Crippen MR) is 49.9 cm³/mol. The number of aliphatic hydroxyl groups excluding tert-OH is 1. The molecule has 1 fully saturated rings. The topological polar surface area (TPSA) is 38.7 Å². The van der Waals surface area contributed by atoms with Crippen molar-refractivity contribution >= 4 is 11.3 Å². The fourth-order valence-electron chi connectivity index (χ4n) is 1.36. The summed E-state index contributed by atoms with van der Waals surface area (Å²) in [5.74, 6) is 0. The van der Waals surface area contributed by atoms with Crippen LogP contribution in [0.1, 0.15) is 4.88 Å². The minimum Gasteiger partial charge on any atom is -0.394 e. The van der Waals surface area contributed by atoms with Gasteiger partial charge in [-0.25, -0.2) is 0 Å². The Morgan fingerprint density at radius 2 is 2.46 bits per heavy atom. The SMILES string of the molecule is OCCOC1(c2cccs2)COC1. The maximum Gasteiger partial charge on any atom is 0.149 e. The highest BCUT2D eigenvalue weighted by Gasteiger charge is 2.42. The monoisotopic (exact) mass is 200 g/mol. The average molecular weight is 200 g/mol. The molecule has 0 unspecified atom stereocenters. The molecule has 1 N–H and O–H groups in total. The summed E-state index contributed by atoms with van der Waals surface area (Å²) in [5.41, 5.74) is -0.267. The zero-order chi connectivity index (χ0) is 9.15. The largest absolute Gasteiger partial charge is 0.394 e. The van der Waals surface area contributed by atoms with E-state index in [-0.39, 0.29) is 12.2 Å². The molecule has 0 amide bonds. The highest BCUT2D eigenvalue weighted by atomic mass is 32.1. The first-order valence-corrected chi connectivity index (χ1v) is 5.12. The second kappa shape index (κ2) is 3.75. The van der Waals surface area contributed by atoms with Crippen LogP contribution >= 0.6 is 11.3 Å². The lowest BCUT2D eigenvalue weighted by atomic mass is 10.00. The van der Waals surface area contributed by atoms with Crippen LogP contribution in [0.2, 0.25) is 0 Å². The van der Waals surface area contributed by atoms with Gasteiger partial charge in [0.15, 0.2) is 0 Å². The van der Waals surface area contributed by atoms with E-state index < -0.39 is 0 Å². The third-order valence-electron chi connectivity index (χ3n) is 2.11. The molecule has 0 bridgehead atoms. The zero-order valence-electron chi connectivity index (χ0n) is 7.23. The lowest BCUT2D eigenvalue weighted by Crippen LogP contribution is -2.48. The third-order valence-corrected chi connectivity index (χ3v) is 3.17. The van der Waals surface area contributed by atoms with E-state index in [1.807, 2.05) is 17.5 Å². The summed E-state index contributed by atoms with van der Waals surface area (Å²) in [7, 11) is 0. The van der Waals surface area contributed by atoms with E-state index in [2.05, 4.69) is 0 Å². The Morgan fingerprint density at radius 3 is 2.92 bits per heavy atom. The first-order valence-electron chi connectivity index (χ1n) is 4.24. The Balaban J connectivity index is 2.07. The van der Waals surface area contributed by atoms with Gasteiger partial charge < -0.3 is 14.6 Å². The number of ether oxygens (including phenoxy) is 2. The third kappa shape index (κ3) is 1.62. The quantitative estimate of drug-likeness (QED) is 0.787. The number of aliphatic hydroxyl groups is 1. The molecule has 0 atom stereocenters. The Labute approximate surface area is 80.9 Å². The lowest BCUT2D eigenvalue weighted by molar-refractivity contribution is -0.217. The number of hydrogen-bond donors (Lipinski definition) is 1. The smallest absolute Gasteiger partial charge is 0.149 e. The van der Waals surface area contributed by atoms with Crippen molar-refractivity contribution in [3.63, 3.8) is 0 Å². The van der Waals surface area contributed by atoms with Gasteiger partial charge in [-0.2, -0.15) is 0 Å². The second-order valence-electron chi connectivity index (χ2n) is 3.04. The molecule has 3 nitrogen and oxygen atoms in total. The molecule has 4 heteroatoms. The maximum absolute atomic E-state index is 8.68. The summed E-state index contributed by atoms with van der Waals surface area (Å²) in [4.78, 5) is 1.19. The molecule has 1 aromatic heterocycles. The highest BCUT2D eigenvalue weighted by Crippen LogP contribution is 2.36. The molecule has 1 saturated heterocycles. The van der Waals surface area contributed by atoms with Crippen molar-refractivity contribution in [1.29, 1.82) is 0 Å². The van der Waals surface area contributed by atoms with E-state index in [1.165, 1.54) is 4.88 Å². The van der Waals surface area contributed by atoms with Gasteiger partial charge in [-0.05, 0) is 11.4 Å². The van der Waals surface area contributed by atoms with Crippen LogP contribution in [0.15, 0.2) is 17.5 Å². The molecule has 0 radical (unpaired) electrons. The molecule has 0 aliphatic carbocycles. The number of rotatable bonds is 4. The number of thiophene rings is 1. The summed E-state index contributed by atoms with van der Waals surface area (Å²) in [6.07, 6.45) is 0. The molecular weight excluding hydrogens is 188 g/mol. The summed E-state index contributed by atoms with van der Waals surface area (Å²) in [6.45, 7) is 1.65. The van der Waals surface area contributed by atoms with Gasteiger partial charge in [0.05, 0.1) is 26.4 Å². The van der Waals surface area contributed by atoms with Crippen molar-refractivity contribution in [3.05, 3.63) is 22.4 Å². The van der Waals surface area contributed by atoms with Crippen LogP contribution in [-0.4, -0.2) is 31.5 Å². The van der Waals surface area contributed by atoms with Crippen molar-refractivity contribution in [2.45, 2.75) is 5.60 Å². The molecule has 13 heavy (non-hydrogen) atoms. The van der Waals surface area contributed by atoms with Crippen molar-refractivity contribution in [2.75, 3.05) is 26.4 Å². The Morgan fingerprint density at radius 1 is 1.62 bits per heavy atom. The van der Waals surface area contributed by atoms with E-state index in [4.69, 9.17) is 14.6 Å². The van der Waals surface area contributed by atoms with Crippen LogP contribution in [0.25, 0.3) is 0 Å². The fourth-order valence-corrected chi connectivity index (χ4v) is 2.22. The van der Waals surface area contributed by atoms with E-state index in [0.29, 0.717) is 19.8 Å². The second-order valence-corrected chi connectivity index (χ2v) is 3.98. The maximum atomic E-state index is 8.68.